The van der Waals surface area contributed by atoms with Gasteiger partial charge in [-0.25, -0.2) is 28.8 Å². The Morgan fingerprint density at radius 1 is 0.179 bits per heavy atom. The van der Waals surface area contributed by atoms with Gasteiger partial charge in [-0.05, 0) is 164 Å². The number of rotatable bonds is 68. The Balaban J connectivity index is 1.36. The van der Waals surface area contributed by atoms with E-state index in [9.17, 15) is 38.4 Å². The summed E-state index contributed by atoms with van der Waals surface area (Å²) in [4.78, 5) is 178. The van der Waals surface area contributed by atoms with Crippen molar-refractivity contribution in [2.24, 2.45) is 0 Å². The molecule has 0 bridgehead atoms. The Hall–Kier alpha value is -13.0. The quantitative estimate of drug-likeness (QED) is 0.0117. The third-order valence-corrected chi connectivity index (χ3v) is 22.8. The van der Waals surface area contributed by atoms with Crippen molar-refractivity contribution in [3.63, 3.8) is 0 Å². The number of hydrogen-bond donors (Lipinski definition) is 6. The van der Waals surface area contributed by atoms with Crippen molar-refractivity contribution in [1.29, 1.82) is 0 Å². The monoisotopic (exact) mass is 1940 g/mol. The van der Waals surface area contributed by atoms with Gasteiger partial charge in [-0.3, -0.25) is 28.8 Å². The molecule has 0 aromatic heterocycles. The molecule has 6 amide bonds. The molecule has 0 fully saturated rings. The number of para-hydroxylation sites is 2. The van der Waals surface area contributed by atoms with Crippen LogP contribution in [0.2, 0.25) is 0 Å². The van der Waals surface area contributed by atoms with Gasteiger partial charge in [0, 0.05) is 0 Å². The fourth-order valence-electron chi connectivity index (χ4n) is 15.1. The van der Waals surface area contributed by atoms with Crippen molar-refractivity contribution in [2.75, 3.05) is 111 Å². The summed E-state index contributed by atoms with van der Waals surface area (Å²) in [5.74, 6) is -11.0. The Morgan fingerprint density at radius 2 is 0.350 bits per heavy atom. The van der Waals surface area contributed by atoms with E-state index >= 15 is 19.2 Å². The van der Waals surface area contributed by atoms with Crippen molar-refractivity contribution < 1.29 is 114 Å². The van der Waals surface area contributed by atoms with Gasteiger partial charge in [0.15, 0.2) is 0 Å². The van der Waals surface area contributed by atoms with E-state index in [1.54, 1.807) is 76.2 Å². The highest BCUT2D eigenvalue weighted by Crippen LogP contribution is 2.40. The number of benzene rings is 7. The van der Waals surface area contributed by atoms with Gasteiger partial charge in [0.2, 0.25) is 0 Å². The average molecular weight is 1940 g/mol. The smallest absolute Gasteiger partial charge is 0.340 e. The van der Waals surface area contributed by atoms with E-state index in [0.29, 0.717) is 64.2 Å². The summed E-state index contributed by atoms with van der Waals surface area (Å²) in [7, 11) is 0. The van der Waals surface area contributed by atoms with E-state index < -0.39 is 71.3 Å². The predicted molar refractivity (Wildman–Crippen MR) is 543 cm³/mol. The molecule has 7 aromatic rings. The molecule has 0 aliphatic rings. The third-order valence-electron chi connectivity index (χ3n) is 22.8. The highest BCUT2D eigenvalue weighted by molar-refractivity contribution is 6.19. The van der Waals surface area contributed by atoms with Crippen LogP contribution in [0.3, 0.4) is 0 Å². The number of unbranched alkanes of at least 4 members (excludes halogenated alkanes) is 24. The van der Waals surface area contributed by atoms with E-state index in [1.165, 1.54) is 36.4 Å². The summed E-state index contributed by atoms with van der Waals surface area (Å²) in [6.07, 6.45) is 25.4. The van der Waals surface area contributed by atoms with Gasteiger partial charge in [-0.2, -0.15) is 0 Å². The zero-order chi connectivity index (χ0) is 101. The van der Waals surface area contributed by atoms with Gasteiger partial charge in [0.05, 0.1) is 180 Å². The fraction of sp³-hybridized carbons (Fsp3) is 0.509. The Morgan fingerprint density at radius 3 is 0.536 bits per heavy atom. The molecule has 6 N–H and O–H groups in total. The highest BCUT2D eigenvalue weighted by Gasteiger charge is 2.34. The minimum absolute atomic E-state index is 0.00431. The summed E-state index contributed by atoms with van der Waals surface area (Å²) in [6, 6.07) is 25.5. The van der Waals surface area contributed by atoms with Crippen LogP contribution >= 0.6 is 0 Å². The number of carbonyl (C=O) groups is 12. The lowest BCUT2D eigenvalue weighted by Gasteiger charge is -2.21. The number of anilines is 6. The molecule has 7 aromatic carbocycles. The van der Waals surface area contributed by atoms with Crippen molar-refractivity contribution in [1.82, 2.24) is 0 Å². The van der Waals surface area contributed by atoms with E-state index in [-0.39, 0.29) is 215 Å². The van der Waals surface area contributed by atoms with Crippen molar-refractivity contribution in [3.05, 3.63) is 176 Å². The molecule has 140 heavy (non-hydrogen) atoms. The summed E-state index contributed by atoms with van der Waals surface area (Å²) < 4.78 is 72.5. The van der Waals surface area contributed by atoms with Crippen LogP contribution in [0.4, 0.5) is 34.1 Å². The number of carbonyl (C=O) groups excluding carboxylic acids is 12. The molecule has 0 unspecified atom stereocenters. The topological polar surface area (TPSA) is 388 Å². The van der Waals surface area contributed by atoms with Crippen LogP contribution in [-0.4, -0.2) is 151 Å². The molecule has 0 saturated carbocycles. The van der Waals surface area contributed by atoms with Crippen molar-refractivity contribution in [3.8, 4) is 34.5 Å². The van der Waals surface area contributed by atoms with Gasteiger partial charge < -0.3 is 88.7 Å². The second-order valence-corrected chi connectivity index (χ2v) is 34.0. The zero-order valence-corrected chi connectivity index (χ0v) is 84.3. The van der Waals surface area contributed by atoms with Crippen LogP contribution in [0, 0.1) is 0 Å². The van der Waals surface area contributed by atoms with Crippen molar-refractivity contribution in [2.45, 2.75) is 289 Å². The lowest BCUT2D eigenvalue weighted by molar-refractivity contribution is 0.0489. The normalized spacial score (nSPS) is 10.9. The summed E-state index contributed by atoms with van der Waals surface area (Å²) in [5, 5.41) is 17.0. The standard InChI is InChI=1S/C110H148N6O24/c1-13-25-33-45-57-133-93-71-83(95(135-59-47-35-27-15-3)69-81(93)99(117)111-87-55-43-41-53-75(87)105(123)139-63-51-39-31-19-7)101(119)113-89-65-79(109(127)131-23-11)91(67-77(89)107(125)129-21-9)115-103(121)85-73-98(138-62-50-38-30-18-6)86(74-97(85)137-61-49-37-29-17-5)104(122)116-92-68-78(108(126)130-22-10)90(66-80(92)110(128)132-24-12)114-102(120)84-72-94(134-58-46-34-26-14-2)82(70-96(84)136-60-48-36-28-16-4)100(118)112-88-56-44-42-54-76(88)106(124)140-64-52-40-32-20-8/h41-44,53-56,65-74H,13-40,45-52,57-64H2,1-12H3,(H,111,117)(H,112,118)(H,113,119)(H,114,120)(H,115,121)(H,116,122). The predicted octanol–water partition coefficient (Wildman–Crippen LogP) is 25.1. The lowest BCUT2D eigenvalue weighted by Crippen LogP contribution is -2.23. The van der Waals surface area contributed by atoms with Crippen LogP contribution in [-0.2, 0) is 28.4 Å². The Labute approximate surface area is 825 Å². The first kappa shape index (κ1) is 114. The molecule has 0 saturated heterocycles. The first-order valence-electron chi connectivity index (χ1n) is 50.8. The first-order chi connectivity index (χ1) is 68.0. The second-order valence-electron chi connectivity index (χ2n) is 34.0. The number of esters is 6. The summed E-state index contributed by atoms with van der Waals surface area (Å²) in [5.41, 5.74) is -2.94. The molecule has 7 rings (SSSR count). The summed E-state index contributed by atoms with van der Waals surface area (Å²) in [6.45, 7) is 22.8. The number of ether oxygens (including phenoxy) is 12. The van der Waals surface area contributed by atoms with Crippen LogP contribution < -0.4 is 60.3 Å². The van der Waals surface area contributed by atoms with Crippen LogP contribution in [0.25, 0.3) is 0 Å². The highest BCUT2D eigenvalue weighted by atomic mass is 16.6. The maximum Gasteiger partial charge on any atom is 0.340 e. The van der Waals surface area contributed by atoms with E-state index in [1.807, 2.05) is 13.8 Å². The van der Waals surface area contributed by atoms with Crippen molar-refractivity contribution >= 4 is 105 Å². The lowest BCUT2D eigenvalue weighted by atomic mass is 10.0. The van der Waals surface area contributed by atoms with Gasteiger partial charge in [0.1, 0.15) is 34.5 Å². The third kappa shape index (κ3) is 36.6. The number of nitrogens with one attached hydrogen (secondary N) is 6. The second kappa shape index (κ2) is 64.3. The molecule has 0 spiro atoms. The largest absolute Gasteiger partial charge is 0.493 e. The maximum absolute atomic E-state index is 15.7. The molecule has 0 aliphatic heterocycles. The minimum atomic E-state index is -1.01. The average Bonchev–Trinajstić information content (AvgIpc) is 0.779. The Kier molecular flexibility index (Phi) is 52.3. The molecular formula is C110H148N6O24. The molecule has 30 nitrogen and oxygen atoms in total. The first-order valence-corrected chi connectivity index (χ1v) is 50.8. The fourth-order valence-corrected chi connectivity index (χ4v) is 15.1. The molecule has 0 atom stereocenters. The molecule has 0 heterocycles. The number of amides is 6. The number of hydrogen-bond acceptors (Lipinski definition) is 24. The van der Waals surface area contributed by atoms with Gasteiger partial charge in [-0.15, -0.1) is 0 Å². The SMILES string of the molecule is CCCCCCOC(=O)c1ccccc1NC(=O)c1cc(OCCCCCC)c(C(=O)Nc2cc(C(=O)OCC)c(NC(=O)c3cc(OCCCCCC)c(C(=O)Nc4cc(C(=O)OCC)c(NC(=O)c5cc(OCCCCCC)c(C(=O)Nc6ccccc6C(=O)OCCCCCC)cc5OCCCCCC)cc4C(=O)OCC)cc3OCCCCCC)cc2C(=O)OCC)cc1OCCCCCC. The van der Waals surface area contributed by atoms with Crippen LogP contribution in [0.15, 0.2) is 109 Å². The van der Waals surface area contributed by atoms with Gasteiger partial charge in [-0.1, -0.05) is 234 Å². The van der Waals surface area contributed by atoms with E-state index in [4.69, 9.17) is 56.8 Å². The molecule has 30 heteroatoms. The zero-order valence-electron chi connectivity index (χ0n) is 84.3. The summed E-state index contributed by atoms with van der Waals surface area (Å²) >= 11 is 0. The van der Waals surface area contributed by atoms with Gasteiger partial charge in [0.25, 0.3) is 35.4 Å². The maximum atomic E-state index is 15.7. The minimum Gasteiger partial charge on any atom is -0.493 e. The van der Waals surface area contributed by atoms with E-state index in [2.05, 4.69) is 73.4 Å². The molecule has 0 aliphatic carbocycles. The molecular weight excluding hydrogens is 1790 g/mol. The molecule has 0 radical (unpaired) electrons. The molecule has 762 valence electrons. The van der Waals surface area contributed by atoms with E-state index in [0.717, 1.165) is 166 Å². The van der Waals surface area contributed by atoms with Crippen LogP contribution in [0.1, 0.15) is 413 Å². The van der Waals surface area contributed by atoms with Gasteiger partial charge >= 0.3 is 35.8 Å². The Bertz CT molecular complexity index is 4880. The van der Waals surface area contributed by atoms with Crippen LogP contribution in [0.5, 0.6) is 34.5 Å².